The summed E-state index contributed by atoms with van der Waals surface area (Å²) in [5.74, 6) is 0. The molecule has 0 aromatic carbocycles. The molecule has 8 heteroatoms. The minimum absolute atomic E-state index is 0.0676. The van der Waals surface area contributed by atoms with Crippen LogP contribution in [0, 0.1) is 16.2 Å². The van der Waals surface area contributed by atoms with Gasteiger partial charge < -0.3 is 30.3 Å². The number of anilines is 1. The molecule has 1 unspecified atom stereocenters. The zero-order valence-corrected chi connectivity index (χ0v) is 18.4. The number of carbonyl (C=O) groups is 1. The minimum atomic E-state index is -0.488. The third-order valence-corrected chi connectivity index (χ3v) is 6.15. The van der Waals surface area contributed by atoms with Crippen molar-refractivity contribution in [1.29, 1.82) is 10.8 Å². The fraction of sp³-hybridized carbons (Fsp3) is 0.478. The van der Waals surface area contributed by atoms with Gasteiger partial charge in [-0.15, -0.1) is 0 Å². The van der Waals surface area contributed by atoms with Gasteiger partial charge in [0.1, 0.15) is 11.2 Å². The van der Waals surface area contributed by atoms with Gasteiger partial charge in [-0.25, -0.2) is 9.78 Å². The van der Waals surface area contributed by atoms with Crippen molar-refractivity contribution in [2.45, 2.75) is 39.2 Å². The lowest BCUT2D eigenvalue weighted by Gasteiger charge is -2.27. The lowest BCUT2D eigenvalue weighted by atomic mass is 9.86. The monoisotopic (exact) mass is 422 g/mol. The van der Waals surface area contributed by atoms with Crippen LogP contribution >= 0.6 is 0 Å². The van der Waals surface area contributed by atoms with E-state index in [2.05, 4.69) is 14.9 Å². The normalized spacial score (nSPS) is 21.8. The summed E-state index contributed by atoms with van der Waals surface area (Å²) in [5, 5.41) is 16.1. The summed E-state index contributed by atoms with van der Waals surface area (Å²) < 4.78 is 5.58. The Hall–Kier alpha value is -3.16. The van der Waals surface area contributed by atoms with Gasteiger partial charge in [-0.3, -0.25) is 0 Å². The summed E-state index contributed by atoms with van der Waals surface area (Å²) in [4.78, 5) is 24.4. The van der Waals surface area contributed by atoms with Crippen molar-refractivity contribution < 1.29 is 9.53 Å². The number of hydrogen-bond acceptors (Lipinski definition) is 6. The summed E-state index contributed by atoms with van der Waals surface area (Å²) in [6, 6.07) is 2.02. The first kappa shape index (κ1) is 21.1. The van der Waals surface area contributed by atoms with Crippen molar-refractivity contribution in [2.75, 3.05) is 31.1 Å². The highest BCUT2D eigenvalue weighted by Crippen LogP contribution is 2.43. The summed E-state index contributed by atoms with van der Waals surface area (Å²) in [6.07, 6.45) is 9.50. The minimum Gasteiger partial charge on any atom is -0.444 e. The van der Waals surface area contributed by atoms with Crippen molar-refractivity contribution >= 4 is 40.8 Å². The number of nitrogens with zero attached hydrogens (tertiary/aromatic N) is 3. The number of carbonyl (C=O) groups excluding carboxylic acids is 1. The molecule has 2 aromatic heterocycles. The van der Waals surface area contributed by atoms with Crippen molar-refractivity contribution in [3.63, 3.8) is 0 Å². The number of nitrogens with one attached hydrogen (secondary N) is 3. The number of H-pyrrole nitrogens is 1. The number of aromatic amines is 1. The fourth-order valence-corrected chi connectivity index (χ4v) is 4.73. The zero-order chi connectivity index (χ0) is 22.2. The van der Waals surface area contributed by atoms with Crippen molar-refractivity contribution in [1.82, 2.24) is 14.9 Å². The van der Waals surface area contributed by atoms with E-state index in [9.17, 15) is 4.79 Å². The van der Waals surface area contributed by atoms with E-state index < -0.39 is 5.60 Å². The Balaban J connectivity index is 1.58. The molecule has 2 fully saturated rings. The van der Waals surface area contributed by atoms with Gasteiger partial charge >= 0.3 is 6.09 Å². The molecule has 3 N–H and O–H groups in total. The molecule has 1 atom stereocenters. The van der Waals surface area contributed by atoms with E-state index >= 15 is 0 Å². The van der Waals surface area contributed by atoms with E-state index in [1.165, 1.54) is 12.4 Å². The molecule has 2 saturated heterocycles. The lowest BCUT2D eigenvalue weighted by Crippen LogP contribution is -2.37. The van der Waals surface area contributed by atoms with Gasteiger partial charge in [0.15, 0.2) is 0 Å². The maximum atomic E-state index is 12.5. The molecular weight excluding hydrogens is 392 g/mol. The van der Waals surface area contributed by atoms with E-state index in [4.69, 9.17) is 15.6 Å². The highest BCUT2D eigenvalue weighted by atomic mass is 16.6. The predicted molar refractivity (Wildman–Crippen MR) is 123 cm³/mol. The van der Waals surface area contributed by atoms with Crippen molar-refractivity contribution in [3.8, 4) is 0 Å². The maximum Gasteiger partial charge on any atom is 0.410 e. The molecule has 2 aromatic rings. The van der Waals surface area contributed by atoms with Crippen LogP contribution in [0.15, 0.2) is 24.5 Å². The van der Waals surface area contributed by atoms with Crippen LogP contribution in [0.25, 0.3) is 16.6 Å². The molecule has 31 heavy (non-hydrogen) atoms. The Labute approximate surface area is 182 Å². The molecule has 0 aliphatic carbocycles. The first-order valence-electron chi connectivity index (χ1n) is 10.7. The van der Waals surface area contributed by atoms with Crippen molar-refractivity contribution in [2.24, 2.45) is 5.41 Å². The third-order valence-electron chi connectivity index (χ3n) is 6.15. The quantitative estimate of drug-likeness (QED) is 0.645. The number of allylic oxidation sites excluding steroid dienone is 2. The second-order valence-corrected chi connectivity index (χ2v) is 9.51. The molecule has 2 aliphatic rings. The Morgan fingerprint density at radius 1 is 1.26 bits per heavy atom. The largest absolute Gasteiger partial charge is 0.444 e. The predicted octanol–water partition coefficient (Wildman–Crippen LogP) is 4.08. The Morgan fingerprint density at radius 3 is 2.74 bits per heavy atom. The first-order valence-corrected chi connectivity index (χ1v) is 10.7. The number of aromatic nitrogens is 2. The molecule has 4 rings (SSSR count). The van der Waals surface area contributed by atoms with Crippen LogP contribution in [0.1, 0.15) is 39.2 Å². The second kappa shape index (κ2) is 7.83. The number of hydrogen-bond donors (Lipinski definition) is 3. The Kier molecular flexibility index (Phi) is 5.33. The fourth-order valence-electron chi connectivity index (χ4n) is 4.73. The molecule has 4 heterocycles. The third kappa shape index (κ3) is 4.06. The molecule has 164 valence electrons. The van der Waals surface area contributed by atoms with Crippen LogP contribution in [0.5, 0.6) is 0 Å². The van der Waals surface area contributed by atoms with Crippen LogP contribution in [0.4, 0.5) is 10.5 Å². The average Bonchev–Trinajstić information content (AvgIpc) is 3.44. The Bertz CT molecular complexity index is 1050. The Morgan fingerprint density at radius 2 is 2.03 bits per heavy atom. The maximum absolute atomic E-state index is 12.5. The molecule has 1 amide bonds. The van der Waals surface area contributed by atoms with Gasteiger partial charge in [-0.05, 0) is 45.8 Å². The van der Waals surface area contributed by atoms with Crippen LogP contribution in [-0.4, -0.2) is 65.2 Å². The second-order valence-electron chi connectivity index (χ2n) is 9.51. The SMILES string of the molecule is CC(C)(C)OC(=O)N1CCC2(CCN(c3ccnc4[nH]cc(/C(C=N)=C/C=N)c34)C2)C1. The van der Waals surface area contributed by atoms with E-state index in [1.54, 1.807) is 12.3 Å². The molecule has 2 aliphatic heterocycles. The molecule has 8 nitrogen and oxygen atoms in total. The van der Waals surface area contributed by atoms with E-state index in [-0.39, 0.29) is 11.5 Å². The molecule has 0 radical (unpaired) electrons. The van der Waals surface area contributed by atoms with Crippen LogP contribution < -0.4 is 4.90 Å². The topological polar surface area (TPSA) is 109 Å². The number of pyridine rings is 1. The van der Waals surface area contributed by atoms with Crippen LogP contribution in [0.2, 0.25) is 0 Å². The number of amides is 1. The smallest absolute Gasteiger partial charge is 0.410 e. The van der Waals surface area contributed by atoms with Crippen molar-refractivity contribution in [3.05, 3.63) is 30.1 Å². The highest BCUT2D eigenvalue weighted by molar-refractivity contribution is 6.18. The van der Waals surface area contributed by atoms with Crippen LogP contribution in [0.3, 0.4) is 0 Å². The molecule has 0 saturated carbocycles. The van der Waals surface area contributed by atoms with Gasteiger partial charge in [0.2, 0.25) is 0 Å². The van der Waals surface area contributed by atoms with Gasteiger partial charge in [-0.2, -0.15) is 0 Å². The van der Waals surface area contributed by atoms with Gasteiger partial charge in [0, 0.05) is 78.6 Å². The van der Waals surface area contributed by atoms with Gasteiger partial charge in [0.05, 0.1) is 0 Å². The summed E-state index contributed by atoms with van der Waals surface area (Å²) in [7, 11) is 0. The van der Waals surface area contributed by atoms with E-state index in [0.717, 1.165) is 54.8 Å². The summed E-state index contributed by atoms with van der Waals surface area (Å²) in [5.41, 5.74) is 2.97. The molecular formula is C23H30N6O2. The number of ether oxygens (including phenoxy) is 1. The number of fused-ring (bicyclic) bond motifs is 1. The summed E-state index contributed by atoms with van der Waals surface area (Å²) in [6.45, 7) is 8.90. The molecule has 0 bridgehead atoms. The lowest BCUT2D eigenvalue weighted by molar-refractivity contribution is 0.0276. The molecule has 1 spiro atoms. The number of likely N-dealkylation sites (tertiary alicyclic amines) is 1. The standard InChI is InChI=1S/C23H30N6O2/c1-22(2,3)31-21(30)29-11-7-23(15-29)6-10-28(14-23)18-5-9-26-20-19(18)17(13-27-20)16(12-25)4-8-24/h4-5,8-9,12-13,24-25H,6-7,10-11,14-15H2,1-3H3,(H,26,27)/b16-4+,24-8?,25-12?. The van der Waals surface area contributed by atoms with E-state index in [1.807, 2.05) is 37.9 Å². The summed E-state index contributed by atoms with van der Waals surface area (Å²) >= 11 is 0. The first-order chi connectivity index (χ1) is 14.8. The van der Waals surface area contributed by atoms with E-state index in [0.29, 0.717) is 12.1 Å². The van der Waals surface area contributed by atoms with Crippen LogP contribution in [-0.2, 0) is 4.74 Å². The van der Waals surface area contributed by atoms with Gasteiger partial charge in [0.25, 0.3) is 0 Å². The highest BCUT2D eigenvalue weighted by Gasteiger charge is 2.46. The van der Waals surface area contributed by atoms with Gasteiger partial charge in [-0.1, -0.05) is 0 Å². The average molecular weight is 423 g/mol. The zero-order valence-electron chi connectivity index (χ0n) is 18.4. The number of rotatable bonds is 4.